The summed E-state index contributed by atoms with van der Waals surface area (Å²) in [5.74, 6) is 0. The number of ether oxygens (including phenoxy) is 2. The Hall–Kier alpha value is -0.890. The summed E-state index contributed by atoms with van der Waals surface area (Å²) >= 11 is 0. The zero-order chi connectivity index (χ0) is 10.7. The Morgan fingerprint density at radius 2 is 2.07 bits per heavy atom. The molecule has 0 unspecified atom stereocenters. The fourth-order valence-electron chi connectivity index (χ4n) is 1.11. The van der Waals surface area contributed by atoms with E-state index in [0.29, 0.717) is 0 Å². The Kier molecular flexibility index (Phi) is 3.64. The van der Waals surface area contributed by atoms with E-state index in [1.165, 1.54) is 0 Å². The van der Waals surface area contributed by atoms with Gasteiger partial charge in [0.15, 0.2) is 6.23 Å². The minimum absolute atomic E-state index is 0.160. The third-order valence-electron chi connectivity index (χ3n) is 1.95. The van der Waals surface area contributed by atoms with E-state index >= 15 is 0 Å². The summed E-state index contributed by atoms with van der Waals surface area (Å²) in [5.41, 5.74) is 0. The highest BCUT2D eigenvalue weighted by Gasteiger charge is 2.38. The maximum atomic E-state index is 10.7. The molecule has 1 fully saturated rings. The van der Waals surface area contributed by atoms with Crippen LogP contribution in [0.2, 0.25) is 0 Å². The van der Waals surface area contributed by atoms with Crippen LogP contribution in [0.1, 0.15) is 0 Å². The number of carbonyl (C=O) groups excluding carboxylic acids is 1. The molecule has 1 heterocycles. The SMILES string of the molecule is COC(=O)N[C@@H]1OC[C@@H](O)[C@@H](O)[C@@H]1O. The molecule has 82 valence electrons. The van der Waals surface area contributed by atoms with Crippen molar-refractivity contribution in [2.75, 3.05) is 13.7 Å². The fourth-order valence-corrected chi connectivity index (χ4v) is 1.11. The van der Waals surface area contributed by atoms with Gasteiger partial charge in [-0.05, 0) is 0 Å². The third-order valence-corrected chi connectivity index (χ3v) is 1.95. The second-order valence-corrected chi connectivity index (χ2v) is 2.94. The highest BCUT2D eigenvalue weighted by molar-refractivity contribution is 5.67. The molecule has 7 nitrogen and oxygen atoms in total. The molecule has 1 rings (SSSR count). The van der Waals surface area contributed by atoms with E-state index in [-0.39, 0.29) is 6.61 Å². The molecule has 0 aromatic carbocycles. The van der Waals surface area contributed by atoms with Crippen LogP contribution >= 0.6 is 0 Å². The van der Waals surface area contributed by atoms with E-state index in [2.05, 4.69) is 10.1 Å². The molecule has 1 aliphatic heterocycles. The molecule has 14 heavy (non-hydrogen) atoms. The van der Waals surface area contributed by atoms with Gasteiger partial charge in [0.2, 0.25) is 0 Å². The lowest BCUT2D eigenvalue weighted by Gasteiger charge is -2.34. The second kappa shape index (κ2) is 4.56. The van der Waals surface area contributed by atoms with Crippen molar-refractivity contribution in [1.29, 1.82) is 0 Å². The molecule has 7 heteroatoms. The number of rotatable bonds is 1. The van der Waals surface area contributed by atoms with E-state index in [0.717, 1.165) is 7.11 Å². The Morgan fingerprint density at radius 3 is 2.64 bits per heavy atom. The third kappa shape index (κ3) is 2.32. The first-order valence-corrected chi connectivity index (χ1v) is 4.06. The average Bonchev–Trinajstić information content (AvgIpc) is 2.19. The zero-order valence-electron chi connectivity index (χ0n) is 7.58. The molecule has 0 bridgehead atoms. The fraction of sp³-hybridized carbons (Fsp3) is 0.857. The molecule has 0 aromatic rings. The number of carbonyl (C=O) groups is 1. The Labute approximate surface area is 80.2 Å². The Bertz CT molecular complexity index is 210. The van der Waals surface area contributed by atoms with E-state index in [1.807, 2.05) is 0 Å². The number of nitrogens with one attached hydrogen (secondary N) is 1. The number of methoxy groups -OCH3 is 1. The molecule has 4 atom stereocenters. The summed E-state index contributed by atoms with van der Waals surface area (Å²) in [6.07, 6.45) is -5.72. The maximum absolute atomic E-state index is 10.7. The van der Waals surface area contributed by atoms with Crippen LogP contribution in [-0.2, 0) is 9.47 Å². The first-order chi connectivity index (χ1) is 6.56. The van der Waals surface area contributed by atoms with E-state index in [9.17, 15) is 15.0 Å². The van der Waals surface area contributed by atoms with E-state index in [1.54, 1.807) is 0 Å². The van der Waals surface area contributed by atoms with Crippen LogP contribution in [0.25, 0.3) is 0 Å². The van der Waals surface area contributed by atoms with E-state index < -0.39 is 30.6 Å². The Morgan fingerprint density at radius 1 is 1.43 bits per heavy atom. The number of aliphatic hydroxyl groups excluding tert-OH is 3. The smallest absolute Gasteiger partial charge is 0.408 e. The van der Waals surface area contributed by atoms with Gasteiger partial charge in [-0.25, -0.2) is 4.79 Å². The topological polar surface area (TPSA) is 108 Å². The zero-order valence-corrected chi connectivity index (χ0v) is 7.58. The van der Waals surface area contributed by atoms with Crippen molar-refractivity contribution < 1.29 is 29.6 Å². The van der Waals surface area contributed by atoms with Crippen molar-refractivity contribution >= 4 is 6.09 Å². The number of alkyl carbamates (subject to hydrolysis) is 1. The molecule has 1 saturated heterocycles. The van der Waals surface area contributed by atoms with Crippen molar-refractivity contribution in [2.24, 2.45) is 0 Å². The first kappa shape index (κ1) is 11.2. The molecule has 0 aromatic heterocycles. The number of aliphatic hydroxyl groups is 3. The normalized spacial score (nSPS) is 37.7. The molecule has 1 aliphatic rings. The van der Waals surface area contributed by atoms with Crippen molar-refractivity contribution in [3.05, 3.63) is 0 Å². The molecule has 0 saturated carbocycles. The minimum atomic E-state index is -1.38. The molecule has 0 aliphatic carbocycles. The molecular formula is C7H13NO6. The predicted molar refractivity (Wildman–Crippen MR) is 43.3 cm³/mol. The van der Waals surface area contributed by atoms with E-state index in [4.69, 9.17) is 9.84 Å². The van der Waals surface area contributed by atoms with Gasteiger partial charge in [-0.2, -0.15) is 0 Å². The lowest BCUT2D eigenvalue weighted by atomic mass is 10.0. The summed E-state index contributed by atoms with van der Waals surface area (Å²) in [6, 6.07) is 0. The summed E-state index contributed by atoms with van der Waals surface area (Å²) < 4.78 is 9.15. The van der Waals surface area contributed by atoms with Gasteiger partial charge in [-0.1, -0.05) is 0 Å². The second-order valence-electron chi connectivity index (χ2n) is 2.94. The molecule has 0 spiro atoms. The average molecular weight is 207 g/mol. The lowest BCUT2D eigenvalue weighted by molar-refractivity contribution is -0.192. The van der Waals surface area contributed by atoms with Crippen LogP contribution in [-0.4, -0.2) is 59.7 Å². The highest BCUT2D eigenvalue weighted by Crippen LogP contribution is 2.13. The molecular weight excluding hydrogens is 194 g/mol. The molecule has 4 N–H and O–H groups in total. The highest BCUT2D eigenvalue weighted by atomic mass is 16.6. The van der Waals surface area contributed by atoms with Gasteiger partial charge >= 0.3 is 6.09 Å². The van der Waals surface area contributed by atoms with Crippen LogP contribution in [0, 0.1) is 0 Å². The van der Waals surface area contributed by atoms with Crippen molar-refractivity contribution in [1.82, 2.24) is 5.32 Å². The summed E-state index contributed by atoms with van der Waals surface area (Å²) in [5, 5.41) is 29.8. The largest absolute Gasteiger partial charge is 0.453 e. The molecule has 0 radical (unpaired) electrons. The minimum Gasteiger partial charge on any atom is -0.453 e. The van der Waals surface area contributed by atoms with Crippen molar-refractivity contribution in [3.8, 4) is 0 Å². The number of hydrogen-bond donors (Lipinski definition) is 4. The Balaban J connectivity index is 2.50. The number of hydrogen-bond acceptors (Lipinski definition) is 6. The van der Waals surface area contributed by atoms with Gasteiger partial charge in [0, 0.05) is 0 Å². The van der Waals surface area contributed by atoms with Gasteiger partial charge in [-0.15, -0.1) is 0 Å². The standard InChI is InChI=1S/C7H13NO6/c1-13-7(12)8-6-5(11)4(10)3(9)2-14-6/h3-6,9-11H,2H2,1H3,(H,8,12)/t3-,4-,5+,6-/m1/s1. The maximum Gasteiger partial charge on any atom is 0.408 e. The number of amides is 1. The first-order valence-electron chi connectivity index (χ1n) is 4.06. The quantitative estimate of drug-likeness (QED) is 0.388. The van der Waals surface area contributed by atoms with Gasteiger partial charge < -0.3 is 24.8 Å². The monoisotopic (exact) mass is 207 g/mol. The van der Waals surface area contributed by atoms with Gasteiger partial charge in [-0.3, -0.25) is 5.32 Å². The van der Waals surface area contributed by atoms with Gasteiger partial charge in [0.25, 0.3) is 0 Å². The molecule has 1 amide bonds. The predicted octanol–water partition coefficient (Wildman–Crippen LogP) is -2.22. The van der Waals surface area contributed by atoms with Crippen LogP contribution in [0.15, 0.2) is 0 Å². The van der Waals surface area contributed by atoms with Crippen LogP contribution < -0.4 is 5.32 Å². The van der Waals surface area contributed by atoms with Gasteiger partial charge in [0.1, 0.15) is 18.3 Å². The van der Waals surface area contributed by atoms with Crippen LogP contribution in [0.5, 0.6) is 0 Å². The van der Waals surface area contributed by atoms with Gasteiger partial charge in [0.05, 0.1) is 13.7 Å². The summed E-state index contributed by atoms with van der Waals surface area (Å²) in [7, 11) is 1.16. The van der Waals surface area contributed by atoms with Crippen molar-refractivity contribution in [3.63, 3.8) is 0 Å². The lowest BCUT2D eigenvalue weighted by Crippen LogP contribution is -2.58. The van der Waals surface area contributed by atoms with Crippen molar-refractivity contribution in [2.45, 2.75) is 24.5 Å². The summed E-state index contributed by atoms with van der Waals surface area (Å²) in [6.45, 7) is -0.160. The summed E-state index contributed by atoms with van der Waals surface area (Å²) in [4.78, 5) is 10.7. The van der Waals surface area contributed by atoms with Crippen LogP contribution in [0.4, 0.5) is 4.79 Å². The van der Waals surface area contributed by atoms with Crippen LogP contribution in [0.3, 0.4) is 0 Å².